The first-order valence-corrected chi connectivity index (χ1v) is 14.7. The molecule has 0 radical (unpaired) electrons. The molecule has 8 nitrogen and oxygen atoms in total. The van der Waals surface area contributed by atoms with Crippen molar-refractivity contribution in [1.29, 1.82) is 0 Å². The fourth-order valence-electron chi connectivity index (χ4n) is 7.51. The van der Waals surface area contributed by atoms with Gasteiger partial charge in [0.2, 0.25) is 0 Å². The molecule has 0 unspecified atom stereocenters. The van der Waals surface area contributed by atoms with E-state index in [1.54, 1.807) is 12.4 Å². The number of hydrogen-bond donors (Lipinski definition) is 1. The van der Waals surface area contributed by atoms with Gasteiger partial charge in [-0.25, -0.2) is 0 Å². The molecule has 6 rings (SSSR count). The molecule has 1 aromatic carbocycles. The number of halogens is 3. The number of alkyl halides is 3. The Morgan fingerprint density at radius 3 is 2.60 bits per heavy atom. The van der Waals surface area contributed by atoms with Crippen LogP contribution in [0.3, 0.4) is 0 Å². The number of hydrogen-bond acceptors (Lipinski definition) is 5. The minimum Gasteiger partial charge on any atom is -0.322 e. The van der Waals surface area contributed by atoms with Gasteiger partial charge in [-0.2, -0.15) is 13.2 Å². The molecule has 1 atom stereocenters. The molecule has 1 saturated heterocycles. The van der Waals surface area contributed by atoms with Gasteiger partial charge in [0.25, 0.3) is 11.5 Å². The van der Waals surface area contributed by atoms with Crippen LogP contribution in [0.15, 0.2) is 47.7 Å². The van der Waals surface area contributed by atoms with Gasteiger partial charge in [-0.05, 0) is 85.7 Å². The highest BCUT2D eigenvalue weighted by molar-refractivity contribution is 6.04. The number of benzene rings is 1. The molecule has 42 heavy (non-hydrogen) atoms. The van der Waals surface area contributed by atoms with Crippen molar-refractivity contribution in [2.24, 2.45) is 18.4 Å². The Morgan fingerprint density at radius 2 is 1.95 bits per heavy atom. The van der Waals surface area contributed by atoms with Gasteiger partial charge in [0, 0.05) is 32.0 Å². The Bertz CT molecular complexity index is 1530. The number of carbonyl (C=O) groups excluding carboxylic acids is 1. The van der Waals surface area contributed by atoms with Crippen LogP contribution in [0.2, 0.25) is 0 Å². The molecule has 3 fully saturated rings. The zero-order valence-electron chi connectivity index (χ0n) is 24.1. The second-order valence-electron chi connectivity index (χ2n) is 12.9. The molecule has 1 amide bonds. The summed E-state index contributed by atoms with van der Waals surface area (Å²) in [6, 6.07) is 8.94. The number of rotatable bonds is 7. The van der Waals surface area contributed by atoms with Crippen LogP contribution in [-0.2, 0) is 25.6 Å². The molecular formula is C31H37F3N6O2. The number of anilines is 1. The van der Waals surface area contributed by atoms with Crippen molar-refractivity contribution in [1.82, 2.24) is 24.2 Å². The van der Waals surface area contributed by atoms with Gasteiger partial charge in [0.15, 0.2) is 0 Å². The molecule has 1 aliphatic heterocycles. The smallest absolute Gasteiger partial charge is 0.322 e. The molecule has 0 bridgehead atoms. The quantitative estimate of drug-likeness (QED) is 0.410. The van der Waals surface area contributed by atoms with E-state index < -0.39 is 24.2 Å². The molecule has 3 aromatic rings. The number of nitrogens with zero attached hydrogens (tertiary/aromatic N) is 5. The largest absolute Gasteiger partial charge is 0.406 e. The van der Waals surface area contributed by atoms with Gasteiger partial charge < -0.3 is 14.5 Å². The molecular weight excluding hydrogens is 545 g/mol. The van der Waals surface area contributed by atoms with E-state index in [4.69, 9.17) is 0 Å². The van der Waals surface area contributed by atoms with Crippen LogP contribution in [0.4, 0.5) is 18.9 Å². The van der Waals surface area contributed by atoms with E-state index in [0.29, 0.717) is 33.7 Å². The Balaban J connectivity index is 1.29. The average Bonchev–Trinajstić information content (AvgIpc) is 3.30. The lowest BCUT2D eigenvalue weighted by Crippen LogP contribution is -2.54. The van der Waals surface area contributed by atoms with E-state index in [1.807, 2.05) is 29.8 Å². The first-order valence-electron chi connectivity index (χ1n) is 14.7. The minimum atomic E-state index is -4.60. The van der Waals surface area contributed by atoms with Gasteiger partial charge in [0.1, 0.15) is 24.3 Å². The van der Waals surface area contributed by atoms with Gasteiger partial charge in [-0.15, -0.1) is 10.2 Å². The topological polar surface area (TPSA) is 85.1 Å². The number of amides is 1. The lowest BCUT2D eigenvalue weighted by molar-refractivity contribution is -0.141. The number of aryl methyl sites for hydroxylation is 1. The molecule has 3 heterocycles. The van der Waals surface area contributed by atoms with Crippen LogP contribution in [0.25, 0.3) is 0 Å². The van der Waals surface area contributed by atoms with E-state index >= 15 is 0 Å². The van der Waals surface area contributed by atoms with Crippen molar-refractivity contribution >= 4 is 11.6 Å². The summed E-state index contributed by atoms with van der Waals surface area (Å²) in [6.45, 7) is 2.72. The van der Waals surface area contributed by atoms with Crippen molar-refractivity contribution < 1.29 is 18.0 Å². The van der Waals surface area contributed by atoms with E-state index in [1.165, 1.54) is 31.5 Å². The highest BCUT2D eigenvalue weighted by Gasteiger charge is 2.60. The molecule has 2 saturated carbocycles. The standard InChI is InChI=1S/C31H37F3N6O2/c1-21-6-4-11-39(14-21)15-22-12-25(27(42)40(16-22)19-31(32,33)34)26(41)36-24-8-3-7-23(13-24)30(28-37-35-20-38(28)2)17-29(18-30)9-5-10-29/h3,7-8,12-13,16,20-21H,4-6,9-11,14-15,17-19H2,1-2H3,(H,36,41)/t21-/m0/s1. The van der Waals surface area contributed by atoms with Crippen LogP contribution >= 0.6 is 0 Å². The molecule has 2 aromatic heterocycles. The molecule has 3 aliphatic rings. The van der Waals surface area contributed by atoms with E-state index in [0.717, 1.165) is 50.2 Å². The van der Waals surface area contributed by atoms with Gasteiger partial charge in [0.05, 0.1) is 5.41 Å². The third-order valence-corrected chi connectivity index (χ3v) is 9.46. The van der Waals surface area contributed by atoms with E-state index in [2.05, 4.69) is 27.3 Å². The highest BCUT2D eigenvalue weighted by Crippen LogP contribution is 2.66. The molecule has 1 spiro atoms. The fraction of sp³-hybridized carbons (Fsp3) is 0.548. The lowest BCUT2D eigenvalue weighted by atomic mass is 9.43. The van der Waals surface area contributed by atoms with Gasteiger partial charge in [-0.1, -0.05) is 25.5 Å². The predicted octanol–water partition coefficient (Wildman–Crippen LogP) is 5.27. The number of piperidine rings is 1. The number of nitrogens with one attached hydrogen (secondary N) is 1. The Morgan fingerprint density at radius 1 is 1.17 bits per heavy atom. The lowest BCUT2D eigenvalue weighted by Gasteiger charge is -2.60. The summed E-state index contributed by atoms with van der Waals surface area (Å²) >= 11 is 0. The van der Waals surface area contributed by atoms with Crippen LogP contribution in [0.5, 0.6) is 0 Å². The summed E-state index contributed by atoms with van der Waals surface area (Å²) in [5.74, 6) is 0.631. The zero-order valence-corrected chi connectivity index (χ0v) is 24.1. The fourth-order valence-corrected chi connectivity index (χ4v) is 7.51. The summed E-state index contributed by atoms with van der Waals surface area (Å²) in [6.07, 6.45) is 5.96. The Kier molecular flexibility index (Phi) is 7.27. The maximum Gasteiger partial charge on any atom is 0.406 e. The summed E-state index contributed by atoms with van der Waals surface area (Å²) in [5, 5.41) is 11.4. The first-order chi connectivity index (χ1) is 20.0. The Labute approximate surface area is 242 Å². The maximum atomic E-state index is 13.5. The molecule has 2 aliphatic carbocycles. The third-order valence-electron chi connectivity index (χ3n) is 9.46. The van der Waals surface area contributed by atoms with Gasteiger partial charge in [-0.3, -0.25) is 14.5 Å². The van der Waals surface area contributed by atoms with Crippen LogP contribution in [0, 0.1) is 11.3 Å². The SMILES string of the molecule is C[C@H]1CCCN(Cc2cc(C(=O)Nc3cccc(C4(c5nncn5C)CC5(CCC5)C4)c3)c(=O)n(CC(F)(F)F)c2)C1. The number of carbonyl (C=O) groups is 1. The summed E-state index contributed by atoms with van der Waals surface area (Å²) < 4.78 is 42.7. The molecule has 11 heteroatoms. The Hall–Kier alpha value is -3.47. The van der Waals surface area contributed by atoms with Crippen molar-refractivity contribution in [2.75, 3.05) is 18.4 Å². The highest BCUT2D eigenvalue weighted by atomic mass is 19.4. The van der Waals surface area contributed by atoms with E-state index in [-0.39, 0.29) is 11.0 Å². The third kappa shape index (κ3) is 5.50. The summed E-state index contributed by atoms with van der Waals surface area (Å²) in [5.41, 5.74) is 0.708. The number of pyridine rings is 1. The van der Waals surface area contributed by atoms with E-state index in [9.17, 15) is 22.8 Å². The monoisotopic (exact) mass is 582 g/mol. The normalized spacial score (nSPS) is 21.5. The van der Waals surface area contributed by atoms with Gasteiger partial charge >= 0.3 is 6.18 Å². The zero-order chi connectivity index (χ0) is 29.7. The summed E-state index contributed by atoms with van der Waals surface area (Å²) in [7, 11) is 1.93. The van der Waals surface area contributed by atoms with Crippen LogP contribution in [0.1, 0.15) is 79.2 Å². The number of likely N-dealkylation sites (tertiary alicyclic amines) is 1. The second kappa shape index (κ2) is 10.7. The van der Waals surface area contributed by atoms with Crippen molar-refractivity contribution in [3.05, 3.63) is 75.7 Å². The minimum absolute atomic E-state index is 0.299. The second-order valence-corrected chi connectivity index (χ2v) is 12.9. The molecule has 224 valence electrons. The van der Waals surface area contributed by atoms with Crippen molar-refractivity contribution in [3.8, 4) is 0 Å². The van der Waals surface area contributed by atoms with Crippen molar-refractivity contribution in [3.63, 3.8) is 0 Å². The van der Waals surface area contributed by atoms with Crippen LogP contribution < -0.4 is 10.9 Å². The van der Waals surface area contributed by atoms with Crippen LogP contribution in [-0.4, -0.2) is 49.4 Å². The first kappa shape index (κ1) is 28.6. The van der Waals surface area contributed by atoms with Crippen molar-refractivity contribution in [2.45, 2.75) is 76.6 Å². The predicted molar refractivity (Wildman–Crippen MR) is 152 cm³/mol. The molecule has 1 N–H and O–H groups in total. The average molecular weight is 583 g/mol. The number of aromatic nitrogens is 4. The summed E-state index contributed by atoms with van der Waals surface area (Å²) in [4.78, 5) is 28.8. The maximum absolute atomic E-state index is 13.5.